The number of carbonyl (C=O) groups is 3. The van der Waals surface area contributed by atoms with Crippen molar-refractivity contribution in [2.45, 2.75) is 25.7 Å². The third-order valence-corrected chi connectivity index (χ3v) is 6.12. The second kappa shape index (κ2) is 7.04. The van der Waals surface area contributed by atoms with E-state index in [9.17, 15) is 14.4 Å². The van der Waals surface area contributed by atoms with Gasteiger partial charge in [-0.1, -0.05) is 6.08 Å². The molecule has 7 heteroatoms. The summed E-state index contributed by atoms with van der Waals surface area (Å²) in [6.45, 7) is 0.659. The molecular weight excluding hydrogens is 390 g/mol. The Morgan fingerprint density at radius 2 is 1.90 bits per heavy atom. The van der Waals surface area contributed by atoms with Crippen LogP contribution in [0.2, 0.25) is 0 Å². The van der Waals surface area contributed by atoms with Gasteiger partial charge in [0.25, 0.3) is 0 Å². The number of ketones is 3. The number of aromatic nitrogens is 2. The van der Waals surface area contributed by atoms with Crippen molar-refractivity contribution in [2.75, 3.05) is 20.6 Å². The highest BCUT2D eigenvalue weighted by Gasteiger charge is 2.42. The summed E-state index contributed by atoms with van der Waals surface area (Å²) in [6.07, 6.45) is 9.23. The summed E-state index contributed by atoms with van der Waals surface area (Å²) in [4.78, 5) is 45.3. The van der Waals surface area contributed by atoms with Crippen LogP contribution in [0, 0.1) is 5.92 Å². The monoisotopic (exact) mass is 411 g/mol. The molecule has 0 amide bonds. The molecule has 2 heterocycles. The molecule has 3 aliphatic rings. The van der Waals surface area contributed by atoms with E-state index < -0.39 is 5.92 Å². The minimum Gasteiger partial charge on any atom is -0.309 e. The van der Waals surface area contributed by atoms with Gasteiger partial charge in [-0.25, -0.2) is 4.98 Å². The van der Waals surface area contributed by atoms with Gasteiger partial charge in [0.2, 0.25) is 0 Å². The maximum Gasteiger partial charge on any atom is 0.181 e. The van der Waals surface area contributed by atoms with Gasteiger partial charge >= 0.3 is 0 Å². The Balaban J connectivity index is 0.00000205. The molecule has 0 N–H and O–H groups in total. The van der Waals surface area contributed by atoms with E-state index in [4.69, 9.17) is 0 Å². The zero-order chi connectivity index (χ0) is 19.6. The second-order valence-corrected chi connectivity index (χ2v) is 8.02. The highest BCUT2D eigenvalue weighted by molar-refractivity contribution is 6.28. The molecule has 29 heavy (non-hydrogen) atoms. The van der Waals surface area contributed by atoms with Gasteiger partial charge in [0.05, 0.1) is 28.9 Å². The topological polar surface area (TPSA) is 71.8 Å². The normalized spacial score (nSPS) is 20.2. The largest absolute Gasteiger partial charge is 0.309 e. The average molecular weight is 412 g/mol. The molecule has 0 saturated heterocycles. The Bertz CT molecular complexity index is 1140. The summed E-state index contributed by atoms with van der Waals surface area (Å²) >= 11 is 0. The number of aryl methyl sites for hydroxylation is 1. The molecule has 3 aliphatic carbocycles. The molecule has 0 aromatic carbocycles. The smallest absolute Gasteiger partial charge is 0.181 e. The summed E-state index contributed by atoms with van der Waals surface area (Å²) in [5.41, 5.74) is 5.45. The fourth-order valence-electron chi connectivity index (χ4n) is 4.81. The lowest BCUT2D eigenvalue weighted by molar-refractivity contribution is -0.111. The molecule has 2 aromatic rings. The molecule has 150 valence electrons. The van der Waals surface area contributed by atoms with E-state index in [2.05, 4.69) is 4.98 Å². The molecular formula is C22H22ClN3O3. The molecule has 1 unspecified atom stereocenters. The maximum atomic E-state index is 13.5. The lowest BCUT2D eigenvalue weighted by Crippen LogP contribution is -2.32. The van der Waals surface area contributed by atoms with Crippen LogP contribution in [0.15, 0.2) is 30.2 Å². The van der Waals surface area contributed by atoms with Crippen LogP contribution >= 0.6 is 12.4 Å². The Labute approximate surface area is 174 Å². The summed E-state index contributed by atoms with van der Waals surface area (Å²) in [6, 6.07) is 0. The van der Waals surface area contributed by atoms with E-state index in [1.807, 2.05) is 29.5 Å². The van der Waals surface area contributed by atoms with Gasteiger partial charge in [0.15, 0.2) is 17.3 Å². The molecule has 0 saturated carbocycles. The number of fused-ring (bicyclic) bond motifs is 4. The predicted molar refractivity (Wildman–Crippen MR) is 112 cm³/mol. The first kappa shape index (κ1) is 19.7. The SMILES string of the molecule is CN(C)CCC1C(=O)c2cncn3c4c(c(c23)C1=O)C1=C(CC4)C(=O)C=CC1.Cl. The standard InChI is InChI=1S/C22H21N3O3.ClH/c1-24(2)9-8-14-21(27)15-10-23-11-25-16-7-6-12-13(4-3-5-17(12)26)18(16)19(20(15)25)22(14)28;/h3,5,10-11,14H,4,6-9H2,1-2H3;1H. The van der Waals surface area contributed by atoms with Crippen molar-refractivity contribution < 1.29 is 14.4 Å². The van der Waals surface area contributed by atoms with Crippen molar-refractivity contribution in [3.63, 3.8) is 0 Å². The van der Waals surface area contributed by atoms with Gasteiger partial charge in [-0.05, 0) is 58.0 Å². The first-order valence-corrected chi connectivity index (χ1v) is 9.66. The van der Waals surface area contributed by atoms with Crippen LogP contribution in [0.4, 0.5) is 0 Å². The number of rotatable bonds is 3. The van der Waals surface area contributed by atoms with E-state index in [0.29, 0.717) is 48.9 Å². The van der Waals surface area contributed by atoms with Crippen LogP contribution in [0.3, 0.4) is 0 Å². The lowest BCUT2D eigenvalue weighted by atomic mass is 9.76. The molecule has 0 fully saturated rings. The van der Waals surface area contributed by atoms with Crippen LogP contribution < -0.4 is 0 Å². The maximum absolute atomic E-state index is 13.5. The number of allylic oxidation sites excluding steroid dienone is 4. The fourth-order valence-corrected chi connectivity index (χ4v) is 4.81. The Kier molecular flexibility index (Phi) is 4.79. The molecule has 5 rings (SSSR count). The van der Waals surface area contributed by atoms with Crippen molar-refractivity contribution in [3.8, 4) is 0 Å². The highest BCUT2D eigenvalue weighted by atomic mass is 35.5. The zero-order valence-corrected chi connectivity index (χ0v) is 17.2. The van der Waals surface area contributed by atoms with Gasteiger partial charge in [0.1, 0.15) is 0 Å². The summed E-state index contributed by atoms with van der Waals surface area (Å²) in [5, 5.41) is 0. The predicted octanol–water partition coefficient (Wildman–Crippen LogP) is 2.93. The van der Waals surface area contributed by atoms with Gasteiger partial charge in [-0.15, -0.1) is 12.4 Å². The summed E-state index contributed by atoms with van der Waals surface area (Å²) in [7, 11) is 3.87. The third-order valence-electron chi connectivity index (χ3n) is 6.12. The number of hydrogen-bond acceptors (Lipinski definition) is 5. The fraction of sp³-hybridized carbons (Fsp3) is 0.364. The Morgan fingerprint density at radius 1 is 1.10 bits per heavy atom. The summed E-state index contributed by atoms with van der Waals surface area (Å²) in [5.74, 6) is -0.896. The number of Topliss-reactive ketones (excluding diaryl/α,β-unsaturated/α-hetero) is 2. The molecule has 0 spiro atoms. The Morgan fingerprint density at radius 3 is 2.66 bits per heavy atom. The van der Waals surface area contributed by atoms with E-state index in [1.165, 1.54) is 0 Å². The quantitative estimate of drug-likeness (QED) is 0.726. The number of nitrogens with zero attached hydrogens (tertiary/aromatic N) is 3. The molecule has 0 bridgehead atoms. The molecule has 1 atom stereocenters. The highest BCUT2D eigenvalue weighted by Crippen LogP contribution is 2.44. The van der Waals surface area contributed by atoms with Crippen molar-refractivity contribution in [1.82, 2.24) is 14.3 Å². The first-order chi connectivity index (χ1) is 13.5. The van der Waals surface area contributed by atoms with Crippen molar-refractivity contribution in [1.29, 1.82) is 0 Å². The zero-order valence-electron chi connectivity index (χ0n) is 16.4. The second-order valence-electron chi connectivity index (χ2n) is 8.02. The van der Waals surface area contributed by atoms with Crippen molar-refractivity contribution in [3.05, 3.63) is 52.6 Å². The van der Waals surface area contributed by atoms with E-state index in [1.54, 1.807) is 18.6 Å². The number of carbonyl (C=O) groups excluding carboxylic acids is 3. The van der Waals surface area contributed by atoms with E-state index >= 15 is 0 Å². The van der Waals surface area contributed by atoms with Gasteiger partial charge in [-0.2, -0.15) is 0 Å². The van der Waals surface area contributed by atoms with Crippen LogP contribution in [0.25, 0.3) is 11.1 Å². The minimum absolute atomic E-state index is 0. The Hall–Kier alpha value is -2.57. The van der Waals surface area contributed by atoms with Crippen molar-refractivity contribution >= 4 is 40.8 Å². The van der Waals surface area contributed by atoms with Crippen molar-refractivity contribution in [2.24, 2.45) is 5.92 Å². The van der Waals surface area contributed by atoms with Gasteiger partial charge in [-0.3, -0.25) is 14.4 Å². The van der Waals surface area contributed by atoms with Gasteiger partial charge < -0.3 is 9.30 Å². The molecule has 2 aromatic heterocycles. The van der Waals surface area contributed by atoms with Crippen LogP contribution in [-0.2, 0) is 11.2 Å². The van der Waals surface area contributed by atoms with E-state index in [-0.39, 0.29) is 29.8 Å². The van der Waals surface area contributed by atoms with Crippen LogP contribution in [-0.4, -0.2) is 52.3 Å². The average Bonchev–Trinajstić information content (AvgIpc) is 3.02. The third kappa shape index (κ3) is 2.74. The number of hydrogen-bond donors (Lipinski definition) is 0. The van der Waals surface area contributed by atoms with Crippen LogP contribution in [0.5, 0.6) is 0 Å². The summed E-state index contributed by atoms with van der Waals surface area (Å²) < 4.78 is 1.91. The van der Waals surface area contributed by atoms with Crippen LogP contribution in [0.1, 0.15) is 51.2 Å². The first-order valence-electron chi connectivity index (χ1n) is 9.66. The molecule has 0 radical (unpaired) electrons. The minimum atomic E-state index is -0.685. The van der Waals surface area contributed by atoms with Gasteiger partial charge in [0, 0.05) is 23.0 Å². The number of halogens is 1. The molecule has 0 aliphatic heterocycles. The molecule has 6 nitrogen and oxygen atoms in total. The van der Waals surface area contributed by atoms with E-state index in [0.717, 1.165) is 22.4 Å². The lowest BCUT2D eigenvalue weighted by Gasteiger charge is -2.24.